The standard InChI is InChI=1S/C13H13F2NS/c1-7-3-12(17-8(7)2)13(16)9-4-10(14)6-11(15)5-9/h3-6,13H,16H2,1-2H3. The number of benzene rings is 1. The summed E-state index contributed by atoms with van der Waals surface area (Å²) in [5.74, 6) is -1.19. The Morgan fingerprint density at radius 1 is 1.06 bits per heavy atom. The highest BCUT2D eigenvalue weighted by molar-refractivity contribution is 7.12. The summed E-state index contributed by atoms with van der Waals surface area (Å²) in [6, 6.07) is 4.89. The summed E-state index contributed by atoms with van der Waals surface area (Å²) in [5, 5.41) is 0. The van der Waals surface area contributed by atoms with E-state index in [4.69, 9.17) is 5.73 Å². The Morgan fingerprint density at radius 2 is 1.65 bits per heavy atom. The van der Waals surface area contributed by atoms with Crippen LogP contribution >= 0.6 is 11.3 Å². The third-order valence-corrected chi connectivity index (χ3v) is 3.97. The summed E-state index contributed by atoms with van der Waals surface area (Å²) >= 11 is 1.56. The van der Waals surface area contributed by atoms with Gasteiger partial charge in [-0.05, 0) is 43.2 Å². The first-order chi connectivity index (χ1) is 7.97. The van der Waals surface area contributed by atoms with Crippen LogP contribution in [0.2, 0.25) is 0 Å². The van der Waals surface area contributed by atoms with Crippen molar-refractivity contribution >= 4 is 11.3 Å². The van der Waals surface area contributed by atoms with Gasteiger partial charge in [0.25, 0.3) is 0 Å². The van der Waals surface area contributed by atoms with Crippen molar-refractivity contribution in [1.29, 1.82) is 0 Å². The van der Waals surface area contributed by atoms with E-state index in [0.29, 0.717) is 5.56 Å². The van der Waals surface area contributed by atoms with Crippen LogP contribution in [0, 0.1) is 25.5 Å². The van der Waals surface area contributed by atoms with Crippen molar-refractivity contribution in [2.24, 2.45) is 5.73 Å². The average molecular weight is 253 g/mol. The largest absolute Gasteiger partial charge is 0.320 e. The number of halogens is 2. The van der Waals surface area contributed by atoms with Crippen LogP contribution in [0.4, 0.5) is 8.78 Å². The fraction of sp³-hybridized carbons (Fsp3) is 0.231. The van der Waals surface area contributed by atoms with Crippen molar-refractivity contribution in [1.82, 2.24) is 0 Å². The van der Waals surface area contributed by atoms with E-state index in [1.807, 2.05) is 19.9 Å². The molecule has 1 nitrogen and oxygen atoms in total. The number of hydrogen-bond acceptors (Lipinski definition) is 2. The van der Waals surface area contributed by atoms with E-state index < -0.39 is 17.7 Å². The Kier molecular flexibility index (Phi) is 3.26. The van der Waals surface area contributed by atoms with E-state index in [9.17, 15) is 8.78 Å². The molecular formula is C13H13F2NS. The maximum atomic E-state index is 13.1. The van der Waals surface area contributed by atoms with E-state index >= 15 is 0 Å². The van der Waals surface area contributed by atoms with E-state index in [1.54, 1.807) is 11.3 Å². The minimum Gasteiger partial charge on any atom is -0.320 e. The minimum atomic E-state index is -0.597. The third kappa shape index (κ3) is 2.53. The molecule has 0 spiro atoms. The van der Waals surface area contributed by atoms with Crippen molar-refractivity contribution < 1.29 is 8.78 Å². The molecule has 0 radical (unpaired) electrons. The highest BCUT2D eigenvalue weighted by Gasteiger charge is 2.14. The van der Waals surface area contributed by atoms with Gasteiger partial charge in [-0.2, -0.15) is 0 Å². The molecule has 1 unspecified atom stereocenters. The van der Waals surface area contributed by atoms with Gasteiger partial charge < -0.3 is 5.73 Å². The normalized spacial score (nSPS) is 12.8. The number of rotatable bonds is 2. The molecule has 2 N–H and O–H groups in total. The Hall–Kier alpha value is -1.26. The summed E-state index contributed by atoms with van der Waals surface area (Å²) < 4.78 is 26.2. The van der Waals surface area contributed by atoms with Crippen LogP contribution in [-0.4, -0.2) is 0 Å². The molecule has 1 atom stereocenters. The number of nitrogens with two attached hydrogens (primary N) is 1. The molecule has 0 amide bonds. The Labute approximate surface area is 103 Å². The van der Waals surface area contributed by atoms with Gasteiger partial charge in [0.15, 0.2) is 0 Å². The minimum absolute atomic E-state index is 0.462. The molecule has 0 aliphatic carbocycles. The Balaban J connectivity index is 2.39. The first kappa shape index (κ1) is 12.2. The highest BCUT2D eigenvalue weighted by atomic mass is 32.1. The molecule has 1 heterocycles. The van der Waals surface area contributed by atoms with Gasteiger partial charge in [0.2, 0.25) is 0 Å². The zero-order valence-electron chi connectivity index (χ0n) is 9.63. The molecule has 90 valence electrons. The van der Waals surface area contributed by atoms with Crippen LogP contribution in [0.15, 0.2) is 24.3 Å². The number of aryl methyl sites for hydroxylation is 2. The molecular weight excluding hydrogens is 240 g/mol. The van der Waals surface area contributed by atoms with Crippen LogP contribution in [-0.2, 0) is 0 Å². The van der Waals surface area contributed by atoms with Gasteiger partial charge in [-0.3, -0.25) is 0 Å². The first-order valence-electron chi connectivity index (χ1n) is 5.26. The summed E-state index contributed by atoms with van der Waals surface area (Å²) in [6.07, 6.45) is 0. The molecule has 2 aromatic rings. The summed E-state index contributed by atoms with van der Waals surface area (Å²) in [6.45, 7) is 4.00. The first-order valence-corrected chi connectivity index (χ1v) is 6.07. The van der Waals surface area contributed by atoms with Gasteiger partial charge >= 0.3 is 0 Å². The SMILES string of the molecule is Cc1cc(C(N)c2cc(F)cc(F)c2)sc1C. The summed E-state index contributed by atoms with van der Waals surface area (Å²) in [7, 11) is 0. The molecule has 0 aliphatic rings. The van der Waals surface area contributed by atoms with Crippen molar-refractivity contribution in [3.05, 3.63) is 56.8 Å². The second kappa shape index (κ2) is 4.55. The topological polar surface area (TPSA) is 26.0 Å². The van der Waals surface area contributed by atoms with Crippen molar-refractivity contribution in [2.45, 2.75) is 19.9 Å². The van der Waals surface area contributed by atoms with Gasteiger partial charge in [-0.15, -0.1) is 11.3 Å². The lowest BCUT2D eigenvalue weighted by molar-refractivity contribution is 0.577. The molecule has 17 heavy (non-hydrogen) atoms. The smallest absolute Gasteiger partial charge is 0.126 e. The van der Waals surface area contributed by atoms with Crippen LogP contribution < -0.4 is 5.73 Å². The molecule has 0 bridgehead atoms. The van der Waals surface area contributed by atoms with E-state index in [1.165, 1.54) is 17.0 Å². The quantitative estimate of drug-likeness (QED) is 0.867. The zero-order valence-corrected chi connectivity index (χ0v) is 10.4. The fourth-order valence-corrected chi connectivity index (χ4v) is 2.75. The van der Waals surface area contributed by atoms with Gasteiger partial charge in [-0.25, -0.2) is 8.78 Å². The predicted octanol–water partition coefficient (Wildman–Crippen LogP) is 3.69. The predicted molar refractivity (Wildman–Crippen MR) is 66.2 cm³/mol. The van der Waals surface area contributed by atoms with Gasteiger partial charge in [0, 0.05) is 15.8 Å². The van der Waals surface area contributed by atoms with Crippen molar-refractivity contribution in [3.63, 3.8) is 0 Å². The van der Waals surface area contributed by atoms with Crippen LogP contribution in [0.25, 0.3) is 0 Å². The molecule has 0 aliphatic heterocycles. The van der Waals surface area contributed by atoms with E-state index in [-0.39, 0.29) is 0 Å². The van der Waals surface area contributed by atoms with Crippen LogP contribution in [0.1, 0.15) is 26.9 Å². The highest BCUT2D eigenvalue weighted by Crippen LogP contribution is 2.29. The van der Waals surface area contributed by atoms with Crippen molar-refractivity contribution in [2.75, 3.05) is 0 Å². The third-order valence-electron chi connectivity index (χ3n) is 2.74. The second-order valence-electron chi connectivity index (χ2n) is 4.07. The monoisotopic (exact) mass is 253 g/mol. The summed E-state index contributed by atoms with van der Waals surface area (Å²) in [5.41, 5.74) is 7.63. The van der Waals surface area contributed by atoms with E-state index in [0.717, 1.165) is 16.5 Å². The lowest BCUT2D eigenvalue weighted by Gasteiger charge is -2.10. The fourth-order valence-electron chi connectivity index (χ4n) is 1.67. The average Bonchev–Trinajstić information content (AvgIpc) is 2.57. The maximum absolute atomic E-state index is 13.1. The lowest BCUT2D eigenvalue weighted by Crippen LogP contribution is -2.10. The molecule has 1 aromatic carbocycles. The summed E-state index contributed by atoms with van der Waals surface area (Å²) in [4.78, 5) is 2.09. The van der Waals surface area contributed by atoms with Gasteiger partial charge in [0.05, 0.1) is 6.04 Å². The Morgan fingerprint density at radius 3 is 2.12 bits per heavy atom. The zero-order chi connectivity index (χ0) is 12.6. The molecule has 0 saturated carbocycles. The van der Waals surface area contributed by atoms with Gasteiger partial charge in [-0.1, -0.05) is 0 Å². The molecule has 0 fully saturated rings. The Bertz CT molecular complexity index is 509. The molecule has 4 heteroatoms. The maximum Gasteiger partial charge on any atom is 0.126 e. The van der Waals surface area contributed by atoms with Crippen molar-refractivity contribution in [3.8, 4) is 0 Å². The molecule has 0 saturated heterocycles. The van der Waals surface area contributed by atoms with Gasteiger partial charge in [0.1, 0.15) is 11.6 Å². The van der Waals surface area contributed by atoms with Crippen LogP contribution in [0.5, 0.6) is 0 Å². The lowest BCUT2D eigenvalue weighted by atomic mass is 10.1. The second-order valence-corrected chi connectivity index (χ2v) is 5.36. The number of hydrogen-bond donors (Lipinski definition) is 1. The number of thiophene rings is 1. The molecule has 1 aromatic heterocycles. The van der Waals surface area contributed by atoms with Crippen LogP contribution in [0.3, 0.4) is 0 Å². The molecule has 2 rings (SSSR count). The van der Waals surface area contributed by atoms with E-state index in [2.05, 4.69) is 0 Å².